The minimum atomic E-state index is -0.872. The van der Waals surface area contributed by atoms with E-state index in [1.54, 1.807) is 4.90 Å². The van der Waals surface area contributed by atoms with Crippen LogP contribution in [0.4, 0.5) is 4.79 Å². The number of fused-ring (bicyclic) bond motifs is 3. The van der Waals surface area contributed by atoms with Crippen molar-refractivity contribution in [1.82, 2.24) is 10.2 Å². The van der Waals surface area contributed by atoms with Crippen molar-refractivity contribution in [3.8, 4) is 11.1 Å². The van der Waals surface area contributed by atoms with Crippen LogP contribution in [0.3, 0.4) is 0 Å². The Morgan fingerprint density at radius 3 is 2.27 bits per heavy atom. The number of nitrogens with one attached hydrogen (secondary N) is 1. The number of carboxylic acid groups (broad SMARTS) is 1. The van der Waals surface area contributed by atoms with Crippen molar-refractivity contribution in [2.75, 3.05) is 13.2 Å². The van der Waals surface area contributed by atoms with Crippen molar-refractivity contribution in [2.45, 2.75) is 50.1 Å². The Morgan fingerprint density at radius 2 is 1.64 bits per heavy atom. The van der Waals surface area contributed by atoms with Crippen LogP contribution in [0.15, 0.2) is 48.5 Å². The monoisotopic (exact) mass is 448 g/mol. The third-order valence-corrected chi connectivity index (χ3v) is 7.22. The van der Waals surface area contributed by atoms with Crippen molar-refractivity contribution in [1.29, 1.82) is 0 Å². The van der Waals surface area contributed by atoms with Gasteiger partial charge in [-0.25, -0.2) is 4.79 Å². The number of nitrogens with zero attached hydrogens (tertiary/aromatic N) is 1. The number of alkyl carbamates (subject to hydrolysis) is 1. The highest BCUT2D eigenvalue weighted by Gasteiger charge is 2.41. The highest BCUT2D eigenvalue weighted by molar-refractivity contribution is 5.82. The van der Waals surface area contributed by atoms with Gasteiger partial charge in [0.05, 0.1) is 6.42 Å². The van der Waals surface area contributed by atoms with Gasteiger partial charge in [-0.05, 0) is 47.9 Å². The third-order valence-electron chi connectivity index (χ3n) is 7.22. The summed E-state index contributed by atoms with van der Waals surface area (Å²) in [5, 5.41) is 11.9. The van der Waals surface area contributed by atoms with Crippen molar-refractivity contribution >= 4 is 18.0 Å². The molecule has 2 aromatic carbocycles. The van der Waals surface area contributed by atoms with Crippen LogP contribution in [-0.4, -0.2) is 53.2 Å². The van der Waals surface area contributed by atoms with Crippen LogP contribution in [0, 0.1) is 5.92 Å². The van der Waals surface area contributed by atoms with Crippen molar-refractivity contribution < 1.29 is 24.2 Å². The first-order chi connectivity index (χ1) is 16.0. The van der Waals surface area contributed by atoms with E-state index < -0.39 is 12.1 Å². The molecule has 2 aromatic rings. The van der Waals surface area contributed by atoms with Gasteiger partial charge in [-0.1, -0.05) is 48.5 Å². The molecule has 0 aromatic heterocycles. The second-order valence-electron chi connectivity index (χ2n) is 9.26. The van der Waals surface area contributed by atoms with E-state index in [9.17, 15) is 14.4 Å². The van der Waals surface area contributed by atoms with Crippen molar-refractivity contribution in [3.05, 3.63) is 59.7 Å². The Labute approximate surface area is 192 Å². The largest absolute Gasteiger partial charge is 0.481 e. The maximum atomic E-state index is 12.8. The second-order valence-corrected chi connectivity index (χ2v) is 9.26. The smallest absolute Gasteiger partial charge is 0.407 e. The molecule has 1 saturated carbocycles. The van der Waals surface area contributed by atoms with E-state index in [1.165, 1.54) is 22.3 Å². The highest BCUT2D eigenvalue weighted by atomic mass is 16.5. The lowest BCUT2D eigenvalue weighted by Crippen LogP contribution is -2.51. The van der Waals surface area contributed by atoms with Crippen LogP contribution in [0.2, 0.25) is 0 Å². The molecule has 0 spiro atoms. The summed E-state index contributed by atoms with van der Waals surface area (Å²) in [7, 11) is 0. The summed E-state index contributed by atoms with van der Waals surface area (Å²) in [4.78, 5) is 38.0. The maximum absolute atomic E-state index is 12.8. The zero-order valence-electron chi connectivity index (χ0n) is 18.4. The number of hydrogen-bond acceptors (Lipinski definition) is 4. The number of rotatable bonds is 6. The third kappa shape index (κ3) is 4.19. The number of amides is 2. The molecule has 1 saturated heterocycles. The second kappa shape index (κ2) is 8.89. The number of aliphatic carboxylic acids is 1. The molecule has 0 bridgehead atoms. The van der Waals surface area contributed by atoms with Crippen LogP contribution < -0.4 is 5.32 Å². The number of hydrogen-bond donors (Lipinski definition) is 2. The summed E-state index contributed by atoms with van der Waals surface area (Å²) >= 11 is 0. The molecule has 2 amide bonds. The molecule has 33 heavy (non-hydrogen) atoms. The van der Waals surface area contributed by atoms with Gasteiger partial charge in [-0.2, -0.15) is 0 Å². The average molecular weight is 449 g/mol. The molecular weight excluding hydrogens is 420 g/mol. The fraction of sp³-hybridized carbons (Fsp3) is 0.423. The lowest BCUT2D eigenvalue weighted by atomic mass is 9.79. The topological polar surface area (TPSA) is 95.9 Å². The first kappa shape index (κ1) is 21.5. The SMILES string of the molecule is O=C(O)C[C@@H]1CCCN1C(=O)C1CC(NC(=O)OCC2c3ccccc3-c3ccccc32)C1. The number of carbonyl (C=O) groups excluding carboxylic acids is 2. The normalized spacial score (nSPS) is 23.4. The average Bonchev–Trinajstić information content (AvgIpc) is 3.36. The molecule has 1 atom stereocenters. The molecule has 0 unspecified atom stereocenters. The van der Waals surface area contributed by atoms with E-state index in [4.69, 9.17) is 9.84 Å². The fourth-order valence-corrected chi connectivity index (χ4v) is 5.52. The summed E-state index contributed by atoms with van der Waals surface area (Å²) in [5.74, 6) is -0.995. The lowest BCUT2D eigenvalue weighted by molar-refractivity contribution is -0.143. The molecule has 5 rings (SSSR count). The van der Waals surface area contributed by atoms with Crippen molar-refractivity contribution in [2.24, 2.45) is 5.92 Å². The zero-order chi connectivity index (χ0) is 22.9. The molecule has 172 valence electrons. The summed E-state index contributed by atoms with van der Waals surface area (Å²) in [5.41, 5.74) is 4.71. The van der Waals surface area contributed by atoms with Gasteiger partial charge in [0.1, 0.15) is 6.61 Å². The Kier molecular flexibility index (Phi) is 5.79. The van der Waals surface area contributed by atoms with E-state index in [1.807, 2.05) is 24.3 Å². The van der Waals surface area contributed by atoms with Crippen LogP contribution in [0.5, 0.6) is 0 Å². The predicted molar refractivity (Wildman–Crippen MR) is 122 cm³/mol. The number of carbonyl (C=O) groups is 3. The van der Waals surface area contributed by atoms with Gasteiger partial charge < -0.3 is 20.1 Å². The lowest BCUT2D eigenvalue weighted by Gasteiger charge is -2.38. The zero-order valence-corrected chi connectivity index (χ0v) is 18.4. The van der Waals surface area contributed by atoms with Gasteiger partial charge in [0, 0.05) is 30.5 Å². The van der Waals surface area contributed by atoms with E-state index in [-0.39, 0.29) is 42.9 Å². The number of benzene rings is 2. The van der Waals surface area contributed by atoms with Crippen LogP contribution in [0.1, 0.15) is 49.1 Å². The van der Waals surface area contributed by atoms with Gasteiger partial charge >= 0.3 is 12.1 Å². The van der Waals surface area contributed by atoms with Gasteiger partial charge in [-0.3, -0.25) is 9.59 Å². The first-order valence-electron chi connectivity index (χ1n) is 11.6. The summed E-state index contributed by atoms with van der Waals surface area (Å²) in [6.45, 7) is 0.886. The summed E-state index contributed by atoms with van der Waals surface area (Å²) < 4.78 is 5.59. The molecule has 2 N–H and O–H groups in total. The minimum absolute atomic E-state index is 0.000111. The van der Waals surface area contributed by atoms with E-state index in [0.29, 0.717) is 19.4 Å². The van der Waals surface area contributed by atoms with E-state index in [0.717, 1.165) is 12.8 Å². The highest BCUT2D eigenvalue weighted by Crippen LogP contribution is 2.44. The molecule has 2 aliphatic carbocycles. The maximum Gasteiger partial charge on any atom is 0.407 e. The number of ether oxygens (including phenoxy) is 1. The molecule has 2 fully saturated rings. The first-order valence-corrected chi connectivity index (χ1v) is 11.6. The van der Waals surface area contributed by atoms with Crippen LogP contribution in [0.25, 0.3) is 11.1 Å². The van der Waals surface area contributed by atoms with Gasteiger partial charge in [0.15, 0.2) is 0 Å². The van der Waals surface area contributed by atoms with E-state index in [2.05, 4.69) is 29.6 Å². The van der Waals surface area contributed by atoms with Crippen molar-refractivity contribution in [3.63, 3.8) is 0 Å². The Bertz CT molecular complexity index is 1030. The predicted octanol–water partition coefficient (Wildman–Crippen LogP) is 3.77. The molecule has 1 heterocycles. The molecule has 1 aliphatic heterocycles. The minimum Gasteiger partial charge on any atom is -0.481 e. The number of likely N-dealkylation sites (tertiary alicyclic amines) is 1. The van der Waals surface area contributed by atoms with E-state index >= 15 is 0 Å². The van der Waals surface area contributed by atoms with Gasteiger partial charge in [-0.15, -0.1) is 0 Å². The van der Waals surface area contributed by atoms with Crippen LogP contribution in [-0.2, 0) is 14.3 Å². The fourth-order valence-electron chi connectivity index (χ4n) is 5.52. The molecule has 0 radical (unpaired) electrons. The standard InChI is InChI=1S/C26H28N2O5/c29-24(30)14-18-6-5-11-28(18)25(31)16-12-17(13-16)27-26(32)33-15-23-21-9-3-1-7-19(21)20-8-2-4-10-22(20)23/h1-4,7-10,16-18,23H,5-6,11-15H2,(H,27,32)(H,29,30)/t16?,17?,18-/m0/s1. The quantitative estimate of drug-likeness (QED) is 0.701. The molecule has 7 nitrogen and oxygen atoms in total. The summed E-state index contributed by atoms with van der Waals surface area (Å²) in [6.07, 6.45) is 2.26. The van der Waals surface area contributed by atoms with Gasteiger partial charge in [0.2, 0.25) is 5.91 Å². The Hall–Kier alpha value is -3.35. The Morgan fingerprint density at radius 1 is 1.00 bits per heavy atom. The summed E-state index contributed by atoms with van der Waals surface area (Å²) in [6, 6.07) is 16.1. The number of carboxylic acids is 1. The van der Waals surface area contributed by atoms with Crippen LogP contribution >= 0.6 is 0 Å². The molecule has 3 aliphatic rings. The van der Waals surface area contributed by atoms with Gasteiger partial charge in [0.25, 0.3) is 0 Å². The Balaban J connectivity index is 1.12. The molecular formula is C26H28N2O5. The molecule has 7 heteroatoms.